The molecule has 3 N–H and O–H groups in total. The van der Waals surface area contributed by atoms with Gasteiger partial charge in [-0.05, 0) is 6.42 Å². The van der Waals surface area contributed by atoms with Gasteiger partial charge in [0.2, 0.25) is 15.9 Å². The van der Waals surface area contributed by atoms with E-state index in [0.717, 1.165) is 12.8 Å². The lowest BCUT2D eigenvalue weighted by atomic mass is 10.1. The van der Waals surface area contributed by atoms with Crippen LogP contribution in [0.5, 0.6) is 0 Å². The summed E-state index contributed by atoms with van der Waals surface area (Å²) in [5.41, 5.74) is 5.21. The molecule has 7 heteroatoms. The first-order chi connectivity index (χ1) is 9.97. The third-order valence-electron chi connectivity index (χ3n) is 3.85. The quantitative estimate of drug-likeness (QED) is 0.583. The van der Waals surface area contributed by atoms with Gasteiger partial charge in [0.25, 0.3) is 0 Å². The number of carbonyl (C=O) groups is 1. The van der Waals surface area contributed by atoms with E-state index >= 15 is 0 Å². The lowest BCUT2D eigenvalue weighted by Crippen LogP contribution is -2.55. The van der Waals surface area contributed by atoms with Crippen LogP contribution in [0.1, 0.15) is 51.9 Å². The van der Waals surface area contributed by atoms with Crippen molar-refractivity contribution >= 4 is 15.9 Å². The van der Waals surface area contributed by atoms with Gasteiger partial charge in [0.15, 0.2) is 0 Å². The van der Waals surface area contributed by atoms with Crippen LogP contribution < -0.4 is 11.1 Å². The molecule has 1 fully saturated rings. The topological polar surface area (TPSA) is 92.5 Å². The lowest BCUT2D eigenvalue weighted by molar-refractivity contribution is -0.118. The molecule has 0 aromatic carbocycles. The van der Waals surface area contributed by atoms with Crippen LogP contribution in [0.25, 0.3) is 0 Å². The molecule has 1 atom stereocenters. The van der Waals surface area contributed by atoms with Crippen LogP contribution in [0.3, 0.4) is 0 Å². The summed E-state index contributed by atoms with van der Waals surface area (Å²) in [6.07, 6.45) is 6.40. The summed E-state index contributed by atoms with van der Waals surface area (Å²) in [6, 6.07) is -0.332. The Hall–Kier alpha value is -0.660. The SMILES string of the molecule is CCCCCCCCS(=O)(=O)N1CCNCC1CC(N)=O. The molecule has 6 nitrogen and oxygen atoms in total. The second-order valence-electron chi connectivity index (χ2n) is 5.72. The Morgan fingerprint density at radius 1 is 1.24 bits per heavy atom. The van der Waals surface area contributed by atoms with Gasteiger partial charge in [-0.1, -0.05) is 39.0 Å². The van der Waals surface area contributed by atoms with Crippen molar-refractivity contribution in [2.45, 2.75) is 57.9 Å². The Labute approximate surface area is 128 Å². The van der Waals surface area contributed by atoms with Crippen molar-refractivity contribution < 1.29 is 13.2 Å². The van der Waals surface area contributed by atoms with Gasteiger partial charge in [0.05, 0.1) is 5.75 Å². The van der Waals surface area contributed by atoms with Crippen molar-refractivity contribution in [3.05, 3.63) is 0 Å². The van der Waals surface area contributed by atoms with E-state index in [0.29, 0.717) is 26.1 Å². The van der Waals surface area contributed by atoms with Crippen molar-refractivity contribution in [3.63, 3.8) is 0 Å². The Balaban J connectivity index is 2.44. The Morgan fingerprint density at radius 2 is 1.90 bits per heavy atom. The molecule has 124 valence electrons. The van der Waals surface area contributed by atoms with Gasteiger partial charge >= 0.3 is 0 Å². The van der Waals surface area contributed by atoms with Gasteiger partial charge in [-0.25, -0.2) is 8.42 Å². The number of piperazine rings is 1. The maximum absolute atomic E-state index is 12.4. The van der Waals surface area contributed by atoms with Gasteiger partial charge in [-0.15, -0.1) is 0 Å². The normalized spacial score (nSPS) is 20.5. The highest BCUT2D eigenvalue weighted by molar-refractivity contribution is 7.89. The fourth-order valence-corrected chi connectivity index (χ4v) is 4.47. The van der Waals surface area contributed by atoms with Crippen LogP contribution in [-0.2, 0) is 14.8 Å². The van der Waals surface area contributed by atoms with E-state index in [-0.39, 0.29) is 18.2 Å². The number of amides is 1. The van der Waals surface area contributed by atoms with Crippen molar-refractivity contribution in [3.8, 4) is 0 Å². The van der Waals surface area contributed by atoms with Gasteiger partial charge in [0.1, 0.15) is 0 Å². The molecule has 0 bridgehead atoms. The monoisotopic (exact) mass is 319 g/mol. The predicted molar refractivity (Wildman–Crippen MR) is 84.3 cm³/mol. The standard InChI is InChI=1S/C14H29N3O3S/c1-2-3-4-5-6-7-10-21(19,20)17-9-8-16-12-13(17)11-14(15)18/h13,16H,2-12H2,1H3,(H2,15,18). The second-order valence-corrected chi connectivity index (χ2v) is 7.76. The molecular weight excluding hydrogens is 290 g/mol. The van der Waals surface area contributed by atoms with Crippen molar-refractivity contribution in [1.29, 1.82) is 0 Å². The van der Waals surface area contributed by atoms with Gasteiger partial charge in [-0.3, -0.25) is 4.79 Å². The minimum Gasteiger partial charge on any atom is -0.370 e. The second kappa shape index (κ2) is 9.38. The van der Waals surface area contributed by atoms with Crippen LogP contribution in [-0.4, -0.2) is 50.1 Å². The largest absolute Gasteiger partial charge is 0.370 e. The minimum absolute atomic E-state index is 0.0860. The molecule has 0 aromatic rings. The number of primary amides is 1. The summed E-state index contributed by atoms with van der Waals surface area (Å²) < 4.78 is 26.3. The summed E-state index contributed by atoms with van der Waals surface area (Å²) in [6.45, 7) is 3.72. The lowest BCUT2D eigenvalue weighted by Gasteiger charge is -2.34. The number of hydrogen-bond acceptors (Lipinski definition) is 4. The Morgan fingerprint density at radius 3 is 2.57 bits per heavy atom. The fraction of sp³-hybridized carbons (Fsp3) is 0.929. The van der Waals surface area contributed by atoms with E-state index in [4.69, 9.17) is 5.73 Å². The molecule has 0 spiro atoms. The van der Waals surface area contributed by atoms with E-state index in [1.165, 1.54) is 23.6 Å². The molecule has 21 heavy (non-hydrogen) atoms. The maximum atomic E-state index is 12.4. The smallest absolute Gasteiger partial charge is 0.219 e. The summed E-state index contributed by atoms with van der Waals surface area (Å²) in [5.74, 6) is -0.280. The summed E-state index contributed by atoms with van der Waals surface area (Å²) in [4.78, 5) is 11.1. The highest BCUT2D eigenvalue weighted by atomic mass is 32.2. The molecule has 1 unspecified atom stereocenters. The maximum Gasteiger partial charge on any atom is 0.219 e. The Kier molecular flexibility index (Phi) is 8.21. The number of unbranched alkanes of at least 4 members (excludes halogenated alkanes) is 5. The molecule has 0 aromatic heterocycles. The summed E-state index contributed by atoms with van der Waals surface area (Å²) in [7, 11) is -3.29. The number of rotatable bonds is 10. The number of nitrogens with two attached hydrogens (primary N) is 1. The van der Waals surface area contributed by atoms with E-state index in [9.17, 15) is 13.2 Å². The fourth-order valence-electron chi connectivity index (χ4n) is 2.70. The number of nitrogens with one attached hydrogen (secondary N) is 1. The first-order valence-corrected chi connectivity index (χ1v) is 9.57. The third-order valence-corrected chi connectivity index (χ3v) is 5.85. The molecule has 0 saturated carbocycles. The molecule has 1 aliphatic heterocycles. The van der Waals surface area contributed by atoms with E-state index in [2.05, 4.69) is 12.2 Å². The molecule has 1 amide bonds. The highest BCUT2D eigenvalue weighted by Gasteiger charge is 2.32. The highest BCUT2D eigenvalue weighted by Crippen LogP contribution is 2.15. The predicted octanol–water partition coefficient (Wildman–Crippen LogP) is 0.826. The zero-order valence-corrected chi connectivity index (χ0v) is 13.8. The average molecular weight is 319 g/mol. The van der Waals surface area contributed by atoms with Crippen molar-refractivity contribution in [1.82, 2.24) is 9.62 Å². The van der Waals surface area contributed by atoms with Crippen LogP contribution in [0.2, 0.25) is 0 Å². The number of carbonyl (C=O) groups excluding carboxylic acids is 1. The number of nitrogens with zero attached hydrogens (tertiary/aromatic N) is 1. The van der Waals surface area contributed by atoms with Crippen LogP contribution in [0.15, 0.2) is 0 Å². The van der Waals surface area contributed by atoms with E-state index in [1.54, 1.807) is 0 Å². The number of sulfonamides is 1. The van der Waals surface area contributed by atoms with Crippen LogP contribution in [0, 0.1) is 0 Å². The van der Waals surface area contributed by atoms with Crippen molar-refractivity contribution in [2.75, 3.05) is 25.4 Å². The summed E-state index contributed by atoms with van der Waals surface area (Å²) >= 11 is 0. The molecule has 1 aliphatic rings. The van der Waals surface area contributed by atoms with Crippen LogP contribution >= 0.6 is 0 Å². The first kappa shape index (κ1) is 18.4. The van der Waals surface area contributed by atoms with Crippen LogP contribution in [0.4, 0.5) is 0 Å². The zero-order chi connectivity index (χ0) is 15.7. The minimum atomic E-state index is -3.29. The van der Waals surface area contributed by atoms with Gasteiger partial charge in [0, 0.05) is 32.1 Å². The summed E-state index contributed by atoms with van der Waals surface area (Å²) in [5, 5.41) is 3.12. The molecule has 1 heterocycles. The Bertz CT molecular complexity index is 412. The van der Waals surface area contributed by atoms with Crippen molar-refractivity contribution in [2.24, 2.45) is 5.73 Å². The van der Waals surface area contributed by atoms with Gasteiger partial charge < -0.3 is 11.1 Å². The molecule has 0 aliphatic carbocycles. The molecule has 0 radical (unpaired) electrons. The van der Waals surface area contributed by atoms with Gasteiger partial charge in [-0.2, -0.15) is 4.31 Å². The first-order valence-electron chi connectivity index (χ1n) is 7.96. The van der Waals surface area contributed by atoms with E-state index < -0.39 is 15.9 Å². The number of hydrogen-bond donors (Lipinski definition) is 2. The molecule has 1 rings (SSSR count). The third kappa shape index (κ3) is 6.76. The average Bonchev–Trinajstić information content (AvgIpc) is 2.42. The molecule has 1 saturated heterocycles. The zero-order valence-electron chi connectivity index (χ0n) is 13.0. The molecular formula is C14H29N3O3S. The van der Waals surface area contributed by atoms with E-state index in [1.807, 2.05) is 0 Å².